The highest BCUT2D eigenvalue weighted by molar-refractivity contribution is 5.99. The van der Waals surface area contributed by atoms with Crippen molar-refractivity contribution in [2.24, 2.45) is 5.16 Å². The van der Waals surface area contributed by atoms with Crippen molar-refractivity contribution in [3.05, 3.63) is 62.6 Å². The predicted molar refractivity (Wildman–Crippen MR) is 137 cm³/mol. The molecule has 13 heteroatoms. The van der Waals surface area contributed by atoms with Crippen LogP contribution in [0.4, 0.5) is 8.78 Å². The number of aryl methyl sites for hydroxylation is 1. The molecular formula is C27H30F2N4O7. The molecule has 1 saturated heterocycles. The van der Waals surface area contributed by atoms with Crippen molar-refractivity contribution < 1.29 is 37.8 Å². The number of carbonyl (C=O) groups excluding carboxylic acids is 2. The molecule has 1 spiro atoms. The van der Waals surface area contributed by atoms with E-state index in [4.69, 9.17) is 14.3 Å². The minimum atomic E-state index is -1.07. The number of methoxy groups -OCH3 is 1. The van der Waals surface area contributed by atoms with Gasteiger partial charge in [-0.2, -0.15) is 0 Å². The summed E-state index contributed by atoms with van der Waals surface area (Å²) in [4.78, 5) is 47.1. The van der Waals surface area contributed by atoms with Crippen LogP contribution in [0.1, 0.15) is 64.2 Å². The number of fused-ring (bicyclic) bond motifs is 5. The van der Waals surface area contributed by atoms with Gasteiger partial charge in [-0.3, -0.25) is 14.4 Å². The van der Waals surface area contributed by atoms with Gasteiger partial charge in [-0.1, -0.05) is 5.16 Å². The quantitative estimate of drug-likeness (QED) is 0.519. The number of benzene rings is 1. The van der Waals surface area contributed by atoms with Gasteiger partial charge in [-0.15, -0.1) is 0 Å². The molecule has 2 aromatic rings. The maximum atomic E-state index is 14.3. The molecule has 2 amide bonds. The van der Waals surface area contributed by atoms with Crippen molar-refractivity contribution >= 4 is 17.7 Å². The third-order valence-electron chi connectivity index (χ3n) is 7.80. The van der Waals surface area contributed by atoms with E-state index in [9.17, 15) is 28.3 Å². The molecule has 2 N–H and O–H groups in total. The number of amides is 2. The Kier molecular flexibility index (Phi) is 7.25. The summed E-state index contributed by atoms with van der Waals surface area (Å²) >= 11 is 0. The topological polar surface area (TPSA) is 132 Å². The lowest BCUT2D eigenvalue weighted by Crippen LogP contribution is -2.52. The van der Waals surface area contributed by atoms with Crippen LogP contribution in [-0.4, -0.2) is 70.8 Å². The third kappa shape index (κ3) is 4.67. The van der Waals surface area contributed by atoms with Gasteiger partial charge in [-0.05, 0) is 44.4 Å². The highest BCUT2D eigenvalue weighted by atomic mass is 19.1. The van der Waals surface area contributed by atoms with E-state index in [1.54, 1.807) is 12.0 Å². The molecule has 0 unspecified atom stereocenters. The second-order valence-corrected chi connectivity index (χ2v) is 10.4. The highest BCUT2D eigenvalue weighted by Crippen LogP contribution is 2.46. The van der Waals surface area contributed by atoms with Crippen molar-refractivity contribution in [1.29, 1.82) is 0 Å². The van der Waals surface area contributed by atoms with Crippen LogP contribution in [0.25, 0.3) is 0 Å². The molecule has 4 heterocycles. The zero-order chi connectivity index (χ0) is 28.8. The summed E-state index contributed by atoms with van der Waals surface area (Å²) in [7, 11) is 1.55. The molecule has 40 heavy (non-hydrogen) atoms. The Labute approximate surface area is 228 Å². The van der Waals surface area contributed by atoms with Crippen LogP contribution in [0.2, 0.25) is 0 Å². The Morgan fingerprint density at radius 1 is 1.27 bits per heavy atom. The Hall–Kier alpha value is -4.00. The number of pyridine rings is 1. The molecule has 1 aromatic carbocycles. The van der Waals surface area contributed by atoms with E-state index < -0.39 is 58.4 Å². The van der Waals surface area contributed by atoms with Gasteiger partial charge in [-0.25, -0.2) is 8.78 Å². The molecule has 3 aliphatic heterocycles. The fraction of sp³-hybridized carbons (Fsp3) is 0.481. The lowest BCUT2D eigenvalue weighted by Gasteiger charge is -2.41. The monoisotopic (exact) mass is 560 g/mol. The Bertz CT molecular complexity index is 1440. The smallest absolute Gasteiger partial charge is 0.274 e. The molecule has 1 fully saturated rings. The molecule has 11 nitrogen and oxygen atoms in total. The molecule has 1 aromatic heterocycles. The molecule has 0 aliphatic carbocycles. The van der Waals surface area contributed by atoms with Crippen LogP contribution in [0.3, 0.4) is 0 Å². The van der Waals surface area contributed by atoms with Gasteiger partial charge in [0, 0.05) is 38.0 Å². The number of oxime groups is 1. The highest BCUT2D eigenvalue weighted by Gasteiger charge is 2.54. The summed E-state index contributed by atoms with van der Waals surface area (Å²) in [5.41, 5.74) is -2.81. The number of ether oxygens (including phenoxy) is 2. The Morgan fingerprint density at radius 3 is 2.70 bits per heavy atom. The van der Waals surface area contributed by atoms with Crippen LogP contribution in [-0.2, 0) is 20.9 Å². The van der Waals surface area contributed by atoms with Crippen LogP contribution in [0, 0.1) is 18.6 Å². The number of nitrogens with one attached hydrogen (secondary N) is 1. The van der Waals surface area contributed by atoms with Gasteiger partial charge in [0.1, 0.15) is 23.8 Å². The van der Waals surface area contributed by atoms with Crippen molar-refractivity contribution in [2.75, 3.05) is 26.9 Å². The van der Waals surface area contributed by atoms with Crippen molar-refractivity contribution in [1.82, 2.24) is 14.8 Å². The summed E-state index contributed by atoms with van der Waals surface area (Å²) in [5, 5.41) is 17.4. The van der Waals surface area contributed by atoms with E-state index in [1.807, 2.05) is 6.92 Å². The second-order valence-electron chi connectivity index (χ2n) is 10.4. The van der Waals surface area contributed by atoms with Gasteiger partial charge in [0.25, 0.3) is 11.8 Å². The maximum Gasteiger partial charge on any atom is 0.274 e. The van der Waals surface area contributed by atoms with Crippen LogP contribution in [0.15, 0.2) is 28.3 Å². The van der Waals surface area contributed by atoms with Gasteiger partial charge in [0.2, 0.25) is 11.3 Å². The van der Waals surface area contributed by atoms with E-state index >= 15 is 0 Å². The Morgan fingerprint density at radius 2 is 2.00 bits per heavy atom. The van der Waals surface area contributed by atoms with Crippen LogP contribution < -0.4 is 10.7 Å². The SMILES string of the molecule is COCCOC1=NO[C@@]2(CC[C@H](C)N3C[C@H]2n2cc(C(=O)NCc4c(F)cc(C)cc4F)c(=O)c(O)c2C3=O)C1. The summed E-state index contributed by atoms with van der Waals surface area (Å²) < 4.78 is 40.7. The second kappa shape index (κ2) is 10.5. The van der Waals surface area contributed by atoms with Crippen molar-refractivity contribution in [2.45, 2.75) is 57.3 Å². The number of carbonyl (C=O) groups is 2. The minimum absolute atomic E-state index is 0.178. The van der Waals surface area contributed by atoms with Crippen LogP contribution >= 0.6 is 0 Å². The fourth-order valence-electron chi connectivity index (χ4n) is 5.57. The van der Waals surface area contributed by atoms with E-state index in [0.717, 1.165) is 12.1 Å². The molecule has 3 atom stereocenters. The summed E-state index contributed by atoms with van der Waals surface area (Å²) in [6.45, 7) is 3.66. The third-order valence-corrected chi connectivity index (χ3v) is 7.80. The van der Waals surface area contributed by atoms with Gasteiger partial charge >= 0.3 is 0 Å². The summed E-state index contributed by atoms with van der Waals surface area (Å²) in [6, 6.07) is 1.40. The lowest BCUT2D eigenvalue weighted by atomic mass is 9.85. The number of rotatable bonds is 6. The number of aromatic hydroxyl groups is 1. The first-order valence-electron chi connectivity index (χ1n) is 12.9. The largest absolute Gasteiger partial charge is 0.503 e. The lowest BCUT2D eigenvalue weighted by molar-refractivity contribution is -0.0655. The first-order chi connectivity index (χ1) is 19.1. The average Bonchev–Trinajstić information content (AvgIpc) is 3.27. The van der Waals surface area contributed by atoms with Crippen molar-refractivity contribution in [3.63, 3.8) is 0 Å². The molecular weight excluding hydrogens is 530 g/mol. The average molecular weight is 561 g/mol. The molecule has 2 bridgehead atoms. The number of hydrogen-bond donors (Lipinski definition) is 2. The number of aromatic nitrogens is 1. The normalized spacial score (nSPS) is 23.4. The number of halogens is 2. The van der Waals surface area contributed by atoms with E-state index in [0.29, 0.717) is 30.9 Å². The van der Waals surface area contributed by atoms with Crippen LogP contribution in [0.5, 0.6) is 5.75 Å². The Balaban J connectivity index is 1.50. The van der Waals surface area contributed by atoms with E-state index in [-0.39, 0.29) is 36.9 Å². The minimum Gasteiger partial charge on any atom is -0.503 e. The standard InChI is InChI=1S/C27H30F2N4O7/c1-14-8-18(28)16(19(29)9-14)11-30-25(36)17-12-33-20-13-32(26(37)22(33)24(35)23(17)34)15(2)4-5-27(20)10-21(31-40-27)39-7-6-38-3/h8-9,12,15,20,35H,4-7,10-11,13H2,1-3H3,(H,30,36)/t15-,20+,27-/m0/s1. The fourth-order valence-corrected chi connectivity index (χ4v) is 5.57. The van der Waals surface area contributed by atoms with Gasteiger partial charge in [0.15, 0.2) is 17.0 Å². The molecule has 214 valence electrons. The predicted octanol–water partition coefficient (Wildman–Crippen LogP) is 2.39. The maximum absolute atomic E-state index is 14.3. The molecule has 5 rings (SSSR count). The number of hydrogen-bond acceptors (Lipinski definition) is 8. The zero-order valence-electron chi connectivity index (χ0n) is 22.3. The summed E-state index contributed by atoms with van der Waals surface area (Å²) in [6.07, 6.45) is 2.49. The van der Waals surface area contributed by atoms with E-state index in [1.165, 1.54) is 17.7 Å². The molecule has 3 aliphatic rings. The van der Waals surface area contributed by atoms with E-state index in [2.05, 4.69) is 10.5 Å². The molecule has 0 saturated carbocycles. The van der Waals surface area contributed by atoms with Gasteiger partial charge in [0.05, 0.1) is 19.1 Å². The summed E-state index contributed by atoms with van der Waals surface area (Å²) in [5.74, 6) is -3.74. The number of nitrogens with zero attached hydrogens (tertiary/aromatic N) is 3. The van der Waals surface area contributed by atoms with Crippen molar-refractivity contribution in [3.8, 4) is 5.75 Å². The zero-order valence-corrected chi connectivity index (χ0v) is 22.3. The van der Waals surface area contributed by atoms with Gasteiger partial charge < -0.3 is 34.2 Å². The first kappa shape index (κ1) is 27.6. The molecule has 0 radical (unpaired) electrons. The first-order valence-corrected chi connectivity index (χ1v) is 12.9.